The van der Waals surface area contributed by atoms with Crippen LogP contribution in [0.4, 0.5) is 5.69 Å². The first-order valence-electron chi connectivity index (χ1n) is 4.51. The minimum Gasteiger partial charge on any atom is -0.388 e. The quantitative estimate of drug-likeness (QED) is 0.754. The Morgan fingerprint density at radius 2 is 2.38 bits per heavy atom. The predicted octanol–water partition coefficient (Wildman–Crippen LogP) is 0.711. The van der Waals surface area contributed by atoms with Crippen molar-refractivity contribution < 1.29 is 4.52 Å². The van der Waals surface area contributed by atoms with E-state index in [9.17, 15) is 0 Å². The summed E-state index contributed by atoms with van der Waals surface area (Å²) in [6, 6.07) is 3.63. The minimum absolute atomic E-state index is 0.246. The van der Waals surface area contributed by atoms with Gasteiger partial charge in [-0.05, 0) is 12.1 Å². The van der Waals surface area contributed by atoms with E-state index >= 15 is 0 Å². The molecule has 3 N–H and O–H groups in total. The van der Waals surface area contributed by atoms with Crippen LogP contribution in [-0.4, -0.2) is 20.1 Å². The smallest absolute Gasteiger partial charge is 0.213 e. The van der Waals surface area contributed by atoms with E-state index in [1.165, 1.54) is 6.39 Å². The molecular formula is C9H9N5OS. The summed E-state index contributed by atoms with van der Waals surface area (Å²) in [5.74, 6) is 0.553. The molecule has 0 saturated carbocycles. The standard InChI is InChI=1S/C9H9N5OS/c10-9(16)8-6(2-1-3-11-8)12-4-7-13-5-15-14-7/h1-3,5,12H,4H2,(H2,10,16). The van der Waals surface area contributed by atoms with E-state index in [-0.39, 0.29) is 4.99 Å². The largest absolute Gasteiger partial charge is 0.388 e. The monoisotopic (exact) mass is 235 g/mol. The van der Waals surface area contributed by atoms with Crippen molar-refractivity contribution in [1.29, 1.82) is 0 Å². The zero-order valence-electron chi connectivity index (χ0n) is 8.25. The Morgan fingerprint density at radius 3 is 3.06 bits per heavy atom. The lowest BCUT2D eigenvalue weighted by Gasteiger charge is -2.07. The van der Waals surface area contributed by atoms with Crippen molar-refractivity contribution in [3.8, 4) is 0 Å². The van der Waals surface area contributed by atoms with Crippen LogP contribution in [0.3, 0.4) is 0 Å². The molecule has 6 nitrogen and oxygen atoms in total. The summed E-state index contributed by atoms with van der Waals surface area (Å²) in [6.45, 7) is 0.428. The van der Waals surface area contributed by atoms with Crippen LogP contribution in [0.25, 0.3) is 0 Å². The molecule has 0 aromatic carbocycles. The molecule has 82 valence electrons. The van der Waals surface area contributed by atoms with E-state index in [1.807, 2.05) is 6.07 Å². The molecule has 0 fully saturated rings. The van der Waals surface area contributed by atoms with E-state index < -0.39 is 0 Å². The molecule has 0 spiro atoms. The highest BCUT2D eigenvalue weighted by Crippen LogP contribution is 2.12. The number of pyridine rings is 1. The number of anilines is 1. The Balaban J connectivity index is 2.12. The Hall–Kier alpha value is -2.02. The number of hydrogen-bond donors (Lipinski definition) is 2. The number of hydrogen-bond acceptors (Lipinski definition) is 6. The summed E-state index contributed by atoms with van der Waals surface area (Å²) >= 11 is 4.89. The van der Waals surface area contributed by atoms with Crippen molar-refractivity contribution in [3.05, 3.63) is 36.2 Å². The Labute approximate surface area is 96.9 Å². The van der Waals surface area contributed by atoms with Gasteiger partial charge in [0.2, 0.25) is 6.39 Å². The maximum atomic E-state index is 5.54. The molecule has 7 heteroatoms. The molecule has 16 heavy (non-hydrogen) atoms. The number of nitrogens with two attached hydrogens (primary N) is 1. The molecule has 0 aliphatic heterocycles. The highest BCUT2D eigenvalue weighted by Gasteiger charge is 2.06. The van der Waals surface area contributed by atoms with Crippen LogP contribution < -0.4 is 11.1 Å². The number of thiocarbonyl (C=S) groups is 1. The first-order valence-corrected chi connectivity index (χ1v) is 4.92. The molecular weight excluding hydrogens is 226 g/mol. The Kier molecular flexibility index (Phi) is 3.06. The van der Waals surface area contributed by atoms with Gasteiger partial charge in [-0.2, -0.15) is 4.98 Å². The van der Waals surface area contributed by atoms with Gasteiger partial charge in [0, 0.05) is 6.20 Å². The minimum atomic E-state index is 0.246. The third-order valence-corrected chi connectivity index (χ3v) is 2.08. The maximum Gasteiger partial charge on any atom is 0.213 e. The van der Waals surface area contributed by atoms with E-state index in [2.05, 4.69) is 25.0 Å². The number of nitrogens with zero attached hydrogens (tertiary/aromatic N) is 3. The highest BCUT2D eigenvalue weighted by molar-refractivity contribution is 7.80. The fourth-order valence-corrected chi connectivity index (χ4v) is 1.35. The Bertz CT molecular complexity index is 484. The molecule has 0 amide bonds. The topological polar surface area (TPSA) is 89.9 Å². The second-order valence-electron chi connectivity index (χ2n) is 2.96. The molecule has 0 saturated heterocycles. The van der Waals surface area contributed by atoms with Crippen LogP contribution in [0.5, 0.6) is 0 Å². The molecule has 2 rings (SSSR count). The first kappa shape index (κ1) is 10.5. The van der Waals surface area contributed by atoms with Gasteiger partial charge in [-0.3, -0.25) is 4.98 Å². The molecule has 2 aromatic rings. The van der Waals surface area contributed by atoms with Gasteiger partial charge >= 0.3 is 0 Å². The van der Waals surface area contributed by atoms with Gasteiger partial charge in [0.15, 0.2) is 5.82 Å². The van der Waals surface area contributed by atoms with E-state index in [1.54, 1.807) is 12.3 Å². The third-order valence-electron chi connectivity index (χ3n) is 1.89. The van der Waals surface area contributed by atoms with Crippen LogP contribution in [0.2, 0.25) is 0 Å². The predicted molar refractivity (Wildman–Crippen MR) is 61.7 cm³/mol. The lowest BCUT2D eigenvalue weighted by atomic mass is 10.3. The molecule has 2 heterocycles. The molecule has 0 radical (unpaired) electrons. The fourth-order valence-electron chi connectivity index (χ4n) is 1.19. The molecule has 0 aliphatic carbocycles. The van der Waals surface area contributed by atoms with Gasteiger partial charge in [-0.25, -0.2) is 0 Å². The SMILES string of the molecule is NC(=S)c1ncccc1NCc1ncon1. The summed E-state index contributed by atoms with van der Waals surface area (Å²) in [5.41, 5.74) is 6.85. The zero-order valence-corrected chi connectivity index (χ0v) is 9.07. The first-order chi connectivity index (χ1) is 7.77. The van der Waals surface area contributed by atoms with Crippen LogP contribution in [0.15, 0.2) is 29.2 Å². The highest BCUT2D eigenvalue weighted by atomic mass is 32.1. The van der Waals surface area contributed by atoms with Crippen molar-refractivity contribution in [3.63, 3.8) is 0 Å². The van der Waals surface area contributed by atoms with Gasteiger partial charge in [-0.1, -0.05) is 17.4 Å². The lowest BCUT2D eigenvalue weighted by molar-refractivity contribution is 0.411. The average molecular weight is 235 g/mol. The Morgan fingerprint density at radius 1 is 1.50 bits per heavy atom. The second-order valence-corrected chi connectivity index (χ2v) is 3.40. The lowest BCUT2D eigenvalue weighted by Crippen LogP contribution is -2.15. The van der Waals surface area contributed by atoms with Gasteiger partial charge in [-0.15, -0.1) is 0 Å². The van der Waals surface area contributed by atoms with E-state index in [0.717, 1.165) is 5.69 Å². The van der Waals surface area contributed by atoms with Crippen LogP contribution in [0, 0.1) is 0 Å². The molecule has 0 aliphatic rings. The normalized spacial score (nSPS) is 10.0. The summed E-state index contributed by atoms with van der Waals surface area (Å²) in [5, 5.41) is 6.75. The van der Waals surface area contributed by atoms with Gasteiger partial charge < -0.3 is 15.6 Å². The van der Waals surface area contributed by atoms with Crippen LogP contribution in [0.1, 0.15) is 11.5 Å². The fraction of sp³-hybridized carbons (Fsp3) is 0.111. The molecule has 0 atom stereocenters. The van der Waals surface area contributed by atoms with Gasteiger partial charge in [0.25, 0.3) is 0 Å². The van der Waals surface area contributed by atoms with Gasteiger partial charge in [0.1, 0.15) is 10.7 Å². The zero-order chi connectivity index (χ0) is 11.4. The summed E-state index contributed by atoms with van der Waals surface area (Å²) in [4.78, 5) is 8.21. The molecule has 2 aromatic heterocycles. The van der Waals surface area contributed by atoms with Crippen LogP contribution in [-0.2, 0) is 6.54 Å². The van der Waals surface area contributed by atoms with Crippen LogP contribution >= 0.6 is 12.2 Å². The van der Waals surface area contributed by atoms with Crippen molar-refractivity contribution in [2.45, 2.75) is 6.54 Å². The summed E-state index contributed by atoms with van der Waals surface area (Å²) in [7, 11) is 0. The summed E-state index contributed by atoms with van der Waals surface area (Å²) < 4.78 is 4.61. The summed E-state index contributed by atoms with van der Waals surface area (Å²) in [6.07, 6.45) is 2.91. The molecule has 0 unspecified atom stereocenters. The molecule has 0 bridgehead atoms. The van der Waals surface area contributed by atoms with Crippen molar-refractivity contribution in [1.82, 2.24) is 15.1 Å². The van der Waals surface area contributed by atoms with Gasteiger partial charge in [0.05, 0.1) is 12.2 Å². The maximum absolute atomic E-state index is 5.54. The van der Waals surface area contributed by atoms with E-state index in [0.29, 0.717) is 18.1 Å². The average Bonchev–Trinajstić information content (AvgIpc) is 2.79. The second kappa shape index (κ2) is 4.67. The van der Waals surface area contributed by atoms with Crippen molar-refractivity contribution >= 4 is 22.9 Å². The third kappa shape index (κ3) is 2.31. The van der Waals surface area contributed by atoms with E-state index in [4.69, 9.17) is 18.0 Å². The van der Waals surface area contributed by atoms with Crippen molar-refractivity contribution in [2.75, 3.05) is 5.32 Å². The number of rotatable bonds is 4. The van der Waals surface area contributed by atoms with Crippen molar-refractivity contribution in [2.24, 2.45) is 5.73 Å². The number of aromatic nitrogens is 3. The number of nitrogens with one attached hydrogen (secondary N) is 1.